The number of thiazole rings is 1. The van der Waals surface area contributed by atoms with Gasteiger partial charge in [0, 0.05) is 33.5 Å². The summed E-state index contributed by atoms with van der Waals surface area (Å²) >= 11 is 7.73. The second kappa shape index (κ2) is 6.13. The molecule has 6 heteroatoms. The number of halogens is 1. The normalized spacial score (nSPS) is 12.5. The van der Waals surface area contributed by atoms with Gasteiger partial charge in [0.2, 0.25) is 0 Å². The summed E-state index contributed by atoms with van der Waals surface area (Å²) in [5.74, 6) is 0.453. The Bertz CT molecular complexity index is 783. The van der Waals surface area contributed by atoms with Crippen LogP contribution in [0.15, 0.2) is 42.5 Å². The third-order valence-electron chi connectivity index (χ3n) is 2.95. The Labute approximate surface area is 134 Å². The molecule has 1 heterocycles. The van der Waals surface area contributed by atoms with E-state index in [1.807, 2.05) is 42.5 Å². The SMILES string of the molecule is CS(=O)Cc1cc(Nc2nc3ccccc3s2)ccc1Cl. The van der Waals surface area contributed by atoms with E-state index < -0.39 is 10.8 Å². The molecule has 1 aromatic heterocycles. The molecular weight excluding hydrogens is 324 g/mol. The predicted molar refractivity (Wildman–Crippen MR) is 92.1 cm³/mol. The third kappa shape index (κ3) is 3.43. The lowest BCUT2D eigenvalue weighted by atomic mass is 10.2. The summed E-state index contributed by atoms with van der Waals surface area (Å²) in [5.41, 5.74) is 2.76. The highest BCUT2D eigenvalue weighted by Gasteiger charge is 2.07. The van der Waals surface area contributed by atoms with E-state index in [4.69, 9.17) is 11.6 Å². The van der Waals surface area contributed by atoms with Crippen LogP contribution >= 0.6 is 22.9 Å². The first kappa shape index (κ1) is 14.5. The van der Waals surface area contributed by atoms with Crippen LogP contribution < -0.4 is 5.32 Å². The molecule has 0 spiro atoms. The number of anilines is 2. The van der Waals surface area contributed by atoms with Crippen LogP contribution in [0.4, 0.5) is 10.8 Å². The van der Waals surface area contributed by atoms with E-state index in [0.29, 0.717) is 10.8 Å². The molecule has 0 saturated heterocycles. The van der Waals surface area contributed by atoms with E-state index in [1.54, 1.807) is 17.6 Å². The first-order chi connectivity index (χ1) is 10.1. The van der Waals surface area contributed by atoms with Crippen molar-refractivity contribution in [1.29, 1.82) is 0 Å². The Hall–Kier alpha value is -1.43. The minimum atomic E-state index is -0.919. The predicted octanol–water partition coefficient (Wildman–Crippen LogP) is 4.57. The van der Waals surface area contributed by atoms with Gasteiger partial charge in [0.1, 0.15) is 0 Å². The largest absolute Gasteiger partial charge is 0.332 e. The minimum Gasteiger partial charge on any atom is -0.332 e. The van der Waals surface area contributed by atoms with E-state index in [9.17, 15) is 4.21 Å². The summed E-state index contributed by atoms with van der Waals surface area (Å²) in [4.78, 5) is 4.54. The summed E-state index contributed by atoms with van der Waals surface area (Å²) in [6, 6.07) is 13.7. The number of benzene rings is 2. The van der Waals surface area contributed by atoms with Crippen LogP contribution in [0.25, 0.3) is 10.2 Å². The van der Waals surface area contributed by atoms with E-state index in [1.165, 1.54) is 0 Å². The third-order valence-corrected chi connectivity index (χ3v) is 4.99. The standard InChI is InChI=1S/C15H13ClN2OS2/c1-21(19)9-10-8-11(6-7-12(10)16)17-15-18-13-4-2-3-5-14(13)20-15/h2-8H,9H2,1H3,(H,17,18). The molecule has 3 aromatic rings. The second-order valence-corrected chi connectivity index (χ2v) is 7.51. The molecule has 0 aliphatic carbocycles. The van der Waals surface area contributed by atoms with Gasteiger partial charge in [0.15, 0.2) is 5.13 Å². The molecule has 0 bridgehead atoms. The van der Waals surface area contributed by atoms with Gasteiger partial charge in [-0.05, 0) is 35.9 Å². The van der Waals surface area contributed by atoms with Gasteiger partial charge >= 0.3 is 0 Å². The van der Waals surface area contributed by atoms with Gasteiger partial charge in [-0.1, -0.05) is 35.1 Å². The lowest BCUT2D eigenvalue weighted by Gasteiger charge is -2.07. The molecule has 1 N–H and O–H groups in total. The molecule has 0 fully saturated rings. The maximum absolute atomic E-state index is 11.4. The molecule has 1 atom stereocenters. The number of nitrogens with zero attached hydrogens (tertiary/aromatic N) is 1. The van der Waals surface area contributed by atoms with Crippen LogP contribution in [0, 0.1) is 0 Å². The molecular formula is C15H13ClN2OS2. The molecule has 3 nitrogen and oxygen atoms in total. The summed E-state index contributed by atoms with van der Waals surface area (Å²) in [7, 11) is -0.919. The van der Waals surface area contributed by atoms with Crippen molar-refractivity contribution >= 4 is 54.8 Å². The zero-order valence-electron chi connectivity index (χ0n) is 11.3. The van der Waals surface area contributed by atoms with Crippen molar-refractivity contribution in [2.45, 2.75) is 5.75 Å². The maximum atomic E-state index is 11.4. The minimum absolute atomic E-state index is 0.453. The number of fused-ring (bicyclic) bond motifs is 1. The highest BCUT2D eigenvalue weighted by atomic mass is 35.5. The Kier molecular flexibility index (Phi) is 4.24. The Morgan fingerprint density at radius 2 is 2.10 bits per heavy atom. The van der Waals surface area contributed by atoms with Crippen molar-refractivity contribution in [3.63, 3.8) is 0 Å². The lowest BCUT2D eigenvalue weighted by molar-refractivity contribution is 0.686. The smallest absolute Gasteiger partial charge is 0.188 e. The van der Waals surface area contributed by atoms with Gasteiger partial charge in [-0.25, -0.2) is 4.98 Å². The van der Waals surface area contributed by atoms with Crippen LogP contribution in [-0.2, 0) is 16.6 Å². The highest BCUT2D eigenvalue weighted by molar-refractivity contribution is 7.83. The fraction of sp³-hybridized carbons (Fsp3) is 0.133. The Morgan fingerprint density at radius 3 is 2.86 bits per heavy atom. The van der Waals surface area contributed by atoms with E-state index in [0.717, 1.165) is 26.6 Å². The van der Waals surface area contributed by atoms with Crippen LogP contribution in [0.1, 0.15) is 5.56 Å². The number of para-hydroxylation sites is 1. The van der Waals surface area contributed by atoms with Gasteiger partial charge in [-0.2, -0.15) is 0 Å². The summed E-state index contributed by atoms with van der Waals surface area (Å²) in [5, 5.41) is 4.76. The zero-order chi connectivity index (χ0) is 14.8. The van der Waals surface area contributed by atoms with Crippen molar-refractivity contribution < 1.29 is 4.21 Å². The van der Waals surface area contributed by atoms with Gasteiger partial charge in [0.25, 0.3) is 0 Å². The number of nitrogens with one attached hydrogen (secondary N) is 1. The van der Waals surface area contributed by atoms with Crippen molar-refractivity contribution in [1.82, 2.24) is 4.98 Å². The zero-order valence-corrected chi connectivity index (χ0v) is 13.7. The number of hydrogen-bond acceptors (Lipinski definition) is 4. The summed E-state index contributed by atoms with van der Waals surface area (Å²) in [6.45, 7) is 0. The van der Waals surface area contributed by atoms with Crippen molar-refractivity contribution in [2.75, 3.05) is 11.6 Å². The summed E-state index contributed by atoms with van der Waals surface area (Å²) in [6.07, 6.45) is 1.67. The van der Waals surface area contributed by atoms with E-state index in [-0.39, 0.29) is 0 Å². The average Bonchev–Trinajstić information content (AvgIpc) is 2.84. The molecule has 2 aromatic carbocycles. The number of rotatable bonds is 4. The monoisotopic (exact) mass is 336 g/mol. The van der Waals surface area contributed by atoms with Crippen molar-refractivity contribution in [3.8, 4) is 0 Å². The fourth-order valence-corrected chi connectivity index (χ4v) is 3.86. The lowest BCUT2D eigenvalue weighted by Crippen LogP contribution is -1.96. The molecule has 3 rings (SSSR count). The summed E-state index contributed by atoms with van der Waals surface area (Å²) < 4.78 is 12.5. The average molecular weight is 337 g/mol. The van der Waals surface area contributed by atoms with Crippen LogP contribution in [0.2, 0.25) is 5.02 Å². The second-order valence-electron chi connectivity index (χ2n) is 4.64. The quantitative estimate of drug-likeness (QED) is 0.758. The Balaban J connectivity index is 1.88. The van der Waals surface area contributed by atoms with Crippen LogP contribution in [-0.4, -0.2) is 15.4 Å². The topological polar surface area (TPSA) is 42.0 Å². The van der Waals surface area contributed by atoms with Gasteiger partial charge < -0.3 is 5.32 Å². The molecule has 21 heavy (non-hydrogen) atoms. The number of aromatic nitrogens is 1. The van der Waals surface area contributed by atoms with Crippen LogP contribution in [0.5, 0.6) is 0 Å². The molecule has 0 aliphatic heterocycles. The molecule has 108 valence electrons. The van der Waals surface area contributed by atoms with Crippen molar-refractivity contribution in [2.24, 2.45) is 0 Å². The van der Waals surface area contributed by atoms with Crippen LogP contribution in [0.3, 0.4) is 0 Å². The van der Waals surface area contributed by atoms with Gasteiger partial charge in [-0.3, -0.25) is 4.21 Å². The molecule has 1 unspecified atom stereocenters. The van der Waals surface area contributed by atoms with E-state index in [2.05, 4.69) is 10.3 Å². The first-order valence-electron chi connectivity index (χ1n) is 6.33. The fourth-order valence-electron chi connectivity index (χ4n) is 2.03. The van der Waals surface area contributed by atoms with Crippen molar-refractivity contribution in [3.05, 3.63) is 53.1 Å². The van der Waals surface area contributed by atoms with Gasteiger partial charge in [-0.15, -0.1) is 0 Å². The Morgan fingerprint density at radius 1 is 1.29 bits per heavy atom. The molecule has 0 aliphatic rings. The molecule has 0 saturated carbocycles. The van der Waals surface area contributed by atoms with Gasteiger partial charge in [0.05, 0.1) is 10.2 Å². The maximum Gasteiger partial charge on any atom is 0.188 e. The first-order valence-corrected chi connectivity index (χ1v) is 9.25. The molecule has 0 radical (unpaired) electrons. The van der Waals surface area contributed by atoms with E-state index >= 15 is 0 Å². The highest BCUT2D eigenvalue weighted by Crippen LogP contribution is 2.29. The molecule has 0 amide bonds. The number of hydrogen-bond donors (Lipinski definition) is 1.